The van der Waals surface area contributed by atoms with Gasteiger partial charge in [-0.3, -0.25) is 4.79 Å². The van der Waals surface area contributed by atoms with Crippen LogP contribution < -0.4 is 5.32 Å². The maximum Gasteiger partial charge on any atom is 0.220 e. The standard InChI is InChI=1S/C68H121NO13/c1-3-5-7-9-11-13-15-17-19-21-23-24-25-26-27-28-29-30-31-32-34-35-37-39-41-43-45-47-49-51-57(72)56(69-60(73)52-50-48-46-44-42-40-38-36-33-22-20-18-16-14-12-10-8-6-4-2)55-79-67-65(78)63(76)66(59(54-71)81-67)82-68-64(77)62(75)61(74)58(53-70)80-68/h6,8,12,14,18,20,33,36,41,43,49,51,56-59,61-68,70-72,74-78H,3-5,7,9-11,13,15-17,19,21-32,34-35,37-40,42,44-48,50,52-55H2,1-2H3,(H,69,73)/b8-6-,14-12-,20-18-,36-33-,43-41+,51-49+. The van der Waals surface area contributed by atoms with Gasteiger partial charge in [-0.25, -0.2) is 0 Å². The first kappa shape index (κ1) is 75.5. The van der Waals surface area contributed by atoms with Crippen molar-refractivity contribution in [3.63, 3.8) is 0 Å². The van der Waals surface area contributed by atoms with Crippen LogP contribution in [-0.2, 0) is 23.7 Å². The van der Waals surface area contributed by atoms with E-state index >= 15 is 0 Å². The normalized spacial score (nSPS) is 24.4. The third-order valence-electron chi connectivity index (χ3n) is 15.9. The first-order valence-electron chi connectivity index (χ1n) is 33.2. The summed E-state index contributed by atoms with van der Waals surface area (Å²) in [4.78, 5) is 13.3. The van der Waals surface area contributed by atoms with Crippen molar-refractivity contribution in [2.24, 2.45) is 0 Å². The molecule has 2 fully saturated rings. The van der Waals surface area contributed by atoms with Crippen LogP contribution in [0.2, 0.25) is 0 Å². The zero-order valence-corrected chi connectivity index (χ0v) is 51.5. The summed E-state index contributed by atoms with van der Waals surface area (Å²) in [5, 5.41) is 87.3. The largest absolute Gasteiger partial charge is 0.394 e. The number of carbonyl (C=O) groups excluding carboxylic acids is 1. The molecule has 0 aliphatic carbocycles. The Morgan fingerprint density at radius 3 is 1.34 bits per heavy atom. The minimum atomic E-state index is -1.80. The highest BCUT2D eigenvalue weighted by atomic mass is 16.7. The van der Waals surface area contributed by atoms with Gasteiger partial charge in [0.05, 0.1) is 32.0 Å². The van der Waals surface area contributed by atoms with Crippen LogP contribution in [0.15, 0.2) is 72.9 Å². The number of nitrogens with one attached hydrogen (secondary N) is 1. The number of ether oxygens (including phenoxy) is 4. The number of hydrogen-bond donors (Lipinski definition) is 9. The van der Waals surface area contributed by atoms with Crippen LogP contribution in [0.4, 0.5) is 0 Å². The van der Waals surface area contributed by atoms with Crippen molar-refractivity contribution in [3.8, 4) is 0 Å². The second-order valence-corrected chi connectivity index (χ2v) is 23.2. The maximum absolute atomic E-state index is 13.3. The molecule has 12 atom stereocenters. The van der Waals surface area contributed by atoms with Crippen LogP contribution in [-0.4, -0.2) is 140 Å². The van der Waals surface area contributed by atoms with Crippen LogP contribution in [0, 0.1) is 0 Å². The molecule has 12 unspecified atom stereocenters. The predicted molar refractivity (Wildman–Crippen MR) is 332 cm³/mol. The van der Waals surface area contributed by atoms with Crippen molar-refractivity contribution in [2.75, 3.05) is 19.8 Å². The minimum Gasteiger partial charge on any atom is -0.394 e. The number of carbonyl (C=O) groups is 1. The Kier molecular flexibility index (Phi) is 48.6. The Hall–Kier alpha value is -2.57. The molecule has 2 aliphatic rings. The molecule has 0 aromatic heterocycles. The number of hydrogen-bond acceptors (Lipinski definition) is 13. The molecular formula is C68H121NO13. The highest BCUT2D eigenvalue weighted by molar-refractivity contribution is 5.76. The molecule has 0 saturated carbocycles. The van der Waals surface area contributed by atoms with E-state index in [4.69, 9.17) is 18.9 Å². The summed E-state index contributed by atoms with van der Waals surface area (Å²) >= 11 is 0. The lowest BCUT2D eigenvalue weighted by Crippen LogP contribution is -2.65. The second-order valence-electron chi connectivity index (χ2n) is 23.2. The second kappa shape index (κ2) is 52.7. The van der Waals surface area contributed by atoms with E-state index in [9.17, 15) is 45.6 Å². The van der Waals surface area contributed by atoms with E-state index in [0.717, 1.165) is 77.0 Å². The van der Waals surface area contributed by atoms with Crippen molar-refractivity contribution in [2.45, 2.75) is 331 Å². The molecule has 14 heteroatoms. The average molecular weight is 1160 g/mol. The summed E-state index contributed by atoms with van der Waals surface area (Å²) in [5.74, 6) is -0.264. The lowest BCUT2D eigenvalue weighted by molar-refractivity contribution is -0.359. The van der Waals surface area contributed by atoms with Crippen molar-refractivity contribution < 1.29 is 64.6 Å². The molecule has 476 valence electrons. The molecule has 1 amide bonds. The van der Waals surface area contributed by atoms with E-state index in [1.807, 2.05) is 6.08 Å². The summed E-state index contributed by atoms with van der Waals surface area (Å²) in [7, 11) is 0. The Morgan fingerprint density at radius 2 is 0.854 bits per heavy atom. The molecule has 2 heterocycles. The smallest absolute Gasteiger partial charge is 0.220 e. The van der Waals surface area contributed by atoms with Crippen molar-refractivity contribution in [1.82, 2.24) is 5.32 Å². The number of allylic oxidation sites excluding steroid dienone is 11. The van der Waals surface area contributed by atoms with Gasteiger partial charge in [0, 0.05) is 6.42 Å². The Balaban J connectivity index is 1.72. The van der Waals surface area contributed by atoms with Crippen LogP contribution >= 0.6 is 0 Å². The number of amides is 1. The van der Waals surface area contributed by atoms with Gasteiger partial charge in [0.25, 0.3) is 0 Å². The van der Waals surface area contributed by atoms with E-state index in [-0.39, 0.29) is 18.9 Å². The quantitative estimate of drug-likeness (QED) is 0.0204. The fraction of sp³-hybridized carbons (Fsp3) is 0.809. The SMILES string of the molecule is CC/C=C\C/C=C\C/C=C\C/C=C\CCCCCCCCC(=O)NC(COC1OC(CO)C(OC2OC(CO)C(O)C(O)C2O)C(O)C1O)C(O)/C=C/CC/C=C/CCCCCCCCCCCCCCCCCCCCCCCCC. The first-order chi connectivity index (χ1) is 40.1. The summed E-state index contributed by atoms with van der Waals surface area (Å²) in [6.07, 6.45) is 53.9. The van der Waals surface area contributed by atoms with E-state index < -0.39 is 86.8 Å². The number of aliphatic hydroxyl groups excluding tert-OH is 8. The lowest BCUT2D eigenvalue weighted by atomic mass is 9.97. The molecule has 2 aliphatic heterocycles. The molecule has 2 rings (SSSR count). The summed E-state index contributed by atoms with van der Waals surface area (Å²) in [6, 6.07) is -0.944. The van der Waals surface area contributed by atoms with Gasteiger partial charge in [0.15, 0.2) is 12.6 Å². The Morgan fingerprint density at radius 1 is 0.451 bits per heavy atom. The number of rotatable bonds is 53. The molecule has 9 N–H and O–H groups in total. The number of aliphatic hydroxyl groups is 8. The van der Waals surface area contributed by atoms with Crippen molar-refractivity contribution >= 4 is 5.91 Å². The minimum absolute atomic E-state index is 0.254. The molecule has 0 bridgehead atoms. The van der Waals surface area contributed by atoms with Crippen LogP contribution in [0.5, 0.6) is 0 Å². The average Bonchev–Trinajstić information content (AvgIpc) is 3.67. The zero-order chi connectivity index (χ0) is 59.5. The third-order valence-corrected chi connectivity index (χ3v) is 15.9. The van der Waals surface area contributed by atoms with E-state index in [0.29, 0.717) is 12.8 Å². The topological polar surface area (TPSA) is 228 Å². The predicted octanol–water partition coefficient (Wildman–Crippen LogP) is 12.7. The lowest BCUT2D eigenvalue weighted by Gasteiger charge is -2.46. The van der Waals surface area contributed by atoms with Crippen molar-refractivity contribution in [3.05, 3.63) is 72.9 Å². The van der Waals surface area contributed by atoms with Gasteiger partial charge in [0.1, 0.15) is 48.8 Å². The van der Waals surface area contributed by atoms with E-state index in [1.54, 1.807) is 6.08 Å². The van der Waals surface area contributed by atoms with Gasteiger partial charge in [-0.05, 0) is 70.6 Å². The fourth-order valence-electron chi connectivity index (χ4n) is 10.6. The maximum atomic E-state index is 13.3. The van der Waals surface area contributed by atoms with E-state index in [2.05, 4.69) is 79.9 Å². The first-order valence-corrected chi connectivity index (χ1v) is 33.2. The molecule has 2 saturated heterocycles. The monoisotopic (exact) mass is 1160 g/mol. The van der Waals surface area contributed by atoms with E-state index in [1.165, 1.54) is 148 Å². The molecule has 0 aromatic rings. The molecular weight excluding hydrogens is 1040 g/mol. The number of unbranched alkanes of at least 4 members (excludes halogenated alkanes) is 30. The Labute approximate surface area is 498 Å². The van der Waals surface area contributed by atoms with Gasteiger partial charge >= 0.3 is 0 Å². The molecule has 14 nitrogen and oxygen atoms in total. The van der Waals surface area contributed by atoms with Crippen molar-refractivity contribution in [1.29, 1.82) is 0 Å². The van der Waals surface area contributed by atoms with Gasteiger partial charge in [-0.15, -0.1) is 0 Å². The summed E-state index contributed by atoms with van der Waals surface area (Å²) in [5.41, 5.74) is 0. The highest BCUT2D eigenvalue weighted by Crippen LogP contribution is 2.30. The van der Waals surface area contributed by atoms with Gasteiger partial charge in [-0.2, -0.15) is 0 Å². The van der Waals surface area contributed by atoms with Gasteiger partial charge in [-0.1, -0.05) is 254 Å². The Bertz CT molecular complexity index is 1650. The zero-order valence-electron chi connectivity index (χ0n) is 51.5. The van der Waals surface area contributed by atoms with Crippen LogP contribution in [0.3, 0.4) is 0 Å². The summed E-state index contributed by atoms with van der Waals surface area (Å²) < 4.78 is 22.8. The fourth-order valence-corrected chi connectivity index (χ4v) is 10.6. The molecule has 0 aromatic carbocycles. The van der Waals surface area contributed by atoms with Crippen LogP contribution in [0.1, 0.15) is 258 Å². The third kappa shape index (κ3) is 37.1. The van der Waals surface area contributed by atoms with Crippen LogP contribution in [0.25, 0.3) is 0 Å². The summed E-state index contributed by atoms with van der Waals surface area (Å²) in [6.45, 7) is 2.67. The molecule has 82 heavy (non-hydrogen) atoms. The van der Waals surface area contributed by atoms with Gasteiger partial charge < -0.3 is 65.1 Å². The van der Waals surface area contributed by atoms with Gasteiger partial charge in [0.2, 0.25) is 5.91 Å². The molecule has 0 spiro atoms. The highest BCUT2D eigenvalue weighted by Gasteiger charge is 2.51. The molecule has 0 radical (unpaired) electrons.